The molecule has 0 spiro atoms. The average Bonchev–Trinajstić information content (AvgIpc) is 4.10. The van der Waals surface area contributed by atoms with Crippen LogP contribution < -0.4 is 0 Å². The van der Waals surface area contributed by atoms with Gasteiger partial charge in [0.2, 0.25) is 0 Å². The minimum Gasteiger partial charge on any atom is -0.454 e. The van der Waals surface area contributed by atoms with E-state index in [2.05, 4.69) is 232 Å². The van der Waals surface area contributed by atoms with Gasteiger partial charge in [-0.05, 0) is 101 Å². The van der Waals surface area contributed by atoms with Gasteiger partial charge in [-0.3, -0.25) is 0 Å². The summed E-state index contributed by atoms with van der Waals surface area (Å²) in [4.78, 5) is 0. The van der Waals surface area contributed by atoms with Crippen molar-refractivity contribution < 1.29 is 4.42 Å². The lowest BCUT2D eigenvalue weighted by atomic mass is 9.92. The Labute approximate surface area is 367 Å². The van der Waals surface area contributed by atoms with Crippen LogP contribution in [0.3, 0.4) is 0 Å². The minimum absolute atomic E-state index is 0.887. The SMILES string of the molecule is c1ccc(-c2cc3c(cc2-c2ccc4c5ccccc5n(-c5ccc6c(c5)c5ccccc5n6-c5ccccc5)c4c2)c2ccccc2n3-c2cccc3c2oc2ccccc23)cc1. The topological polar surface area (TPSA) is 27.9 Å². The van der Waals surface area contributed by atoms with Crippen molar-refractivity contribution >= 4 is 87.4 Å². The third-order valence-electron chi connectivity index (χ3n) is 13.4. The zero-order valence-corrected chi connectivity index (χ0v) is 34.6. The standard InChI is InChI=1S/C60H37N3O/c1-3-16-38(17-4-1)49-37-58-51(44-22-9-13-27-54(44)63(58)56-28-15-24-47-46-23-10-14-29-59(46)64-60(47)56)36-48(49)39-30-32-45-42-20-7-11-25-52(42)62(57(45)34-39)41-31-33-55-50(35-41)43-21-8-12-26-53(43)61(55)40-18-5-2-6-19-40/h1-37H. The molecule has 10 aromatic carbocycles. The van der Waals surface area contributed by atoms with Crippen LogP contribution in [0.4, 0.5) is 0 Å². The monoisotopic (exact) mass is 815 g/mol. The van der Waals surface area contributed by atoms with Gasteiger partial charge in [0.05, 0.1) is 38.8 Å². The van der Waals surface area contributed by atoms with Gasteiger partial charge in [-0.25, -0.2) is 0 Å². The highest BCUT2D eigenvalue weighted by Crippen LogP contribution is 2.45. The average molecular weight is 816 g/mol. The summed E-state index contributed by atoms with van der Waals surface area (Å²) in [6, 6.07) is 81.6. The van der Waals surface area contributed by atoms with Gasteiger partial charge in [-0.1, -0.05) is 146 Å². The summed E-state index contributed by atoms with van der Waals surface area (Å²) in [5.74, 6) is 0. The van der Waals surface area contributed by atoms with E-state index in [1.165, 1.54) is 71.1 Å². The van der Waals surface area contributed by atoms with Crippen LogP contribution in [0.1, 0.15) is 0 Å². The van der Waals surface area contributed by atoms with Crippen molar-refractivity contribution in [3.05, 3.63) is 224 Å². The quantitative estimate of drug-likeness (QED) is 0.170. The molecule has 4 aromatic heterocycles. The zero-order valence-electron chi connectivity index (χ0n) is 34.6. The van der Waals surface area contributed by atoms with Crippen molar-refractivity contribution in [1.29, 1.82) is 0 Å². The van der Waals surface area contributed by atoms with E-state index in [0.717, 1.165) is 55.6 Å². The summed E-state index contributed by atoms with van der Waals surface area (Å²) in [6.07, 6.45) is 0. The van der Waals surface area contributed by atoms with Crippen molar-refractivity contribution in [3.63, 3.8) is 0 Å². The van der Waals surface area contributed by atoms with E-state index in [1.807, 2.05) is 6.07 Å². The van der Waals surface area contributed by atoms with Crippen LogP contribution in [-0.4, -0.2) is 13.7 Å². The summed E-state index contributed by atoms with van der Waals surface area (Å²) in [5, 5.41) is 9.56. The Morgan fingerprint density at radius 2 is 0.797 bits per heavy atom. The molecular formula is C60H37N3O. The molecule has 4 nitrogen and oxygen atoms in total. The fraction of sp³-hybridized carbons (Fsp3) is 0. The molecule has 0 fully saturated rings. The number of furan rings is 1. The first-order valence-electron chi connectivity index (χ1n) is 21.9. The Hall–Kier alpha value is -8.60. The predicted octanol–water partition coefficient (Wildman–Crippen LogP) is 16.2. The first kappa shape index (κ1) is 35.0. The normalized spacial score (nSPS) is 12.1. The number of hydrogen-bond donors (Lipinski definition) is 0. The van der Waals surface area contributed by atoms with E-state index in [9.17, 15) is 0 Å². The van der Waals surface area contributed by atoms with E-state index in [-0.39, 0.29) is 0 Å². The molecule has 0 saturated heterocycles. The maximum Gasteiger partial charge on any atom is 0.159 e. The molecule has 64 heavy (non-hydrogen) atoms. The fourth-order valence-corrected chi connectivity index (χ4v) is 10.6. The van der Waals surface area contributed by atoms with Crippen molar-refractivity contribution in [1.82, 2.24) is 13.7 Å². The Morgan fingerprint density at radius 3 is 1.55 bits per heavy atom. The number of para-hydroxylation sites is 6. The molecule has 0 atom stereocenters. The fourth-order valence-electron chi connectivity index (χ4n) is 10.6. The summed E-state index contributed by atoms with van der Waals surface area (Å²) in [7, 11) is 0. The number of rotatable bonds is 5. The van der Waals surface area contributed by atoms with Crippen LogP contribution in [0.15, 0.2) is 229 Å². The molecule has 0 bridgehead atoms. The minimum atomic E-state index is 0.887. The Balaban J connectivity index is 1.03. The smallest absolute Gasteiger partial charge is 0.159 e. The van der Waals surface area contributed by atoms with Gasteiger partial charge in [-0.2, -0.15) is 0 Å². The largest absolute Gasteiger partial charge is 0.454 e. The molecule has 4 heterocycles. The summed E-state index contributed by atoms with van der Waals surface area (Å²) < 4.78 is 13.9. The number of hydrogen-bond acceptors (Lipinski definition) is 1. The Kier molecular flexibility index (Phi) is 7.36. The third kappa shape index (κ3) is 4.99. The molecule has 0 saturated carbocycles. The van der Waals surface area contributed by atoms with Gasteiger partial charge in [0, 0.05) is 54.5 Å². The highest BCUT2D eigenvalue weighted by molar-refractivity contribution is 6.16. The second-order valence-electron chi connectivity index (χ2n) is 16.9. The van der Waals surface area contributed by atoms with Gasteiger partial charge in [0.1, 0.15) is 5.58 Å². The predicted molar refractivity (Wildman–Crippen MR) is 268 cm³/mol. The molecule has 14 aromatic rings. The molecule has 0 aliphatic heterocycles. The first-order valence-corrected chi connectivity index (χ1v) is 21.9. The Bertz CT molecular complexity index is 4180. The van der Waals surface area contributed by atoms with E-state index in [4.69, 9.17) is 4.42 Å². The van der Waals surface area contributed by atoms with Gasteiger partial charge in [0.25, 0.3) is 0 Å². The lowest BCUT2D eigenvalue weighted by Crippen LogP contribution is -1.96. The number of nitrogens with zero attached hydrogens (tertiary/aromatic N) is 3. The molecule has 0 unspecified atom stereocenters. The second kappa shape index (κ2) is 13.4. The molecule has 0 amide bonds. The van der Waals surface area contributed by atoms with Crippen molar-refractivity contribution in [3.8, 4) is 39.3 Å². The first-order chi connectivity index (χ1) is 31.8. The Morgan fingerprint density at radius 1 is 0.266 bits per heavy atom. The molecule has 14 rings (SSSR count). The highest BCUT2D eigenvalue weighted by atomic mass is 16.3. The number of aromatic nitrogens is 3. The summed E-state index contributed by atoms with van der Waals surface area (Å²) in [5.41, 5.74) is 16.8. The van der Waals surface area contributed by atoms with E-state index in [0.29, 0.717) is 0 Å². The van der Waals surface area contributed by atoms with Gasteiger partial charge in [-0.15, -0.1) is 0 Å². The third-order valence-corrected chi connectivity index (χ3v) is 13.4. The number of fused-ring (bicyclic) bond motifs is 12. The summed E-state index contributed by atoms with van der Waals surface area (Å²) in [6.45, 7) is 0. The van der Waals surface area contributed by atoms with Crippen molar-refractivity contribution in [2.45, 2.75) is 0 Å². The lowest BCUT2D eigenvalue weighted by Gasteiger charge is -2.15. The number of benzene rings is 10. The van der Waals surface area contributed by atoms with Gasteiger partial charge in [0.15, 0.2) is 5.58 Å². The van der Waals surface area contributed by atoms with Crippen molar-refractivity contribution in [2.24, 2.45) is 0 Å². The van der Waals surface area contributed by atoms with Crippen LogP contribution in [0.5, 0.6) is 0 Å². The maximum absolute atomic E-state index is 6.67. The molecule has 0 aliphatic carbocycles. The van der Waals surface area contributed by atoms with E-state index < -0.39 is 0 Å². The molecule has 298 valence electrons. The van der Waals surface area contributed by atoms with Crippen LogP contribution in [-0.2, 0) is 0 Å². The lowest BCUT2D eigenvalue weighted by molar-refractivity contribution is 0.666. The van der Waals surface area contributed by atoms with Gasteiger partial charge < -0.3 is 18.1 Å². The van der Waals surface area contributed by atoms with Crippen LogP contribution in [0.25, 0.3) is 127 Å². The zero-order chi connectivity index (χ0) is 41.9. The molecule has 0 N–H and O–H groups in total. The van der Waals surface area contributed by atoms with Crippen LogP contribution in [0, 0.1) is 0 Å². The second-order valence-corrected chi connectivity index (χ2v) is 16.9. The summed E-state index contributed by atoms with van der Waals surface area (Å²) >= 11 is 0. The van der Waals surface area contributed by atoms with E-state index in [1.54, 1.807) is 0 Å². The van der Waals surface area contributed by atoms with Crippen molar-refractivity contribution in [2.75, 3.05) is 0 Å². The molecular weight excluding hydrogens is 779 g/mol. The van der Waals surface area contributed by atoms with Crippen LogP contribution in [0.2, 0.25) is 0 Å². The van der Waals surface area contributed by atoms with Crippen LogP contribution >= 0.6 is 0 Å². The maximum atomic E-state index is 6.67. The van der Waals surface area contributed by atoms with E-state index >= 15 is 0 Å². The molecule has 0 radical (unpaired) electrons. The van der Waals surface area contributed by atoms with Gasteiger partial charge >= 0.3 is 0 Å². The molecule has 0 aliphatic rings. The molecule has 4 heteroatoms. The highest BCUT2D eigenvalue weighted by Gasteiger charge is 2.22.